The second-order valence-electron chi connectivity index (χ2n) is 12.9. The molecule has 0 aliphatic heterocycles. The second kappa shape index (κ2) is 10.5. The Labute approximate surface area is 259 Å². The van der Waals surface area contributed by atoms with E-state index in [1.54, 1.807) is 24.4 Å². The summed E-state index contributed by atoms with van der Waals surface area (Å²) in [6.07, 6.45) is 8.06. The van der Waals surface area contributed by atoms with Gasteiger partial charge in [0.1, 0.15) is 12.0 Å². The van der Waals surface area contributed by atoms with Crippen molar-refractivity contribution in [3.8, 4) is 17.3 Å². The van der Waals surface area contributed by atoms with E-state index in [9.17, 15) is 14.7 Å². The highest BCUT2D eigenvalue weighted by Gasteiger charge is 2.55. The van der Waals surface area contributed by atoms with E-state index < -0.39 is 5.60 Å². The average Bonchev–Trinajstić information content (AvgIpc) is 3.55. The van der Waals surface area contributed by atoms with Gasteiger partial charge in [0.15, 0.2) is 5.43 Å². The molecule has 8 heteroatoms. The van der Waals surface area contributed by atoms with Crippen LogP contribution < -0.4 is 10.7 Å². The molecule has 0 saturated heterocycles. The fourth-order valence-corrected chi connectivity index (χ4v) is 8.58. The Morgan fingerprint density at radius 1 is 1.02 bits per heavy atom. The molecule has 4 aliphatic rings. The quantitative estimate of drug-likeness (QED) is 0.228. The molecule has 0 radical (unpaired) electrons. The highest BCUT2D eigenvalue weighted by atomic mass is 35.5. The van der Waals surface area contributed by atoms with E-state index in [0.29, 0.717) is 62.8 Å². The molecule has 1 amide bonds. The van der Waals surface area contributed by atoms with Gasteiger partial charge >= 0.3 is 0 Å². The minimum absolute atomic E-state index is 0.0875. The molecule has 9 rings (SSSR count). The summed E-state index contributed by atoms with van der Waals surface area (Å²) >= 11 is 6.42. The zero-order chi connectivity index (χ0) is 30.0. The van der Waals surface area contributed by atoms with Crippen LogP contribution in [0.15, 0.2) is 94.5 Å². The summed E-state index contributed by atoms with van der Waals surface area (Å²) < 4.78 is 7.77. The molecule has 44 heavy (non-hydrogen) atoms. The van der Waals surface area contributed by atoms with Crippen LogP contribution in [0.5, 0.6) is 0 Å². The normalized spacial score (nSPS) is 25.4. The van der Waals surface area contributed by atoms with E-state index >= 15 is 0 Å². The van der Waals surface area contributed by atoms with Gasteiger partial charge in [0.2, 0.25) is 5.89 Å². The zero-order valence-corrected chi connectivity index (χ0v) is 24.8. The minimum atomic E-state index is -0.530. The summed E-state index contributed by atoms with van der Waals surface area (Å²) in [5.74, 6) is 1.52. The fourth-order valence-electron chi connectivity index (χ4n) is 8.41. The van der Waals surface area contributed by atoms with Gasteiger partial charge in [-0.1, -0.05) is 41.9 Å². The molecule has 2 unspecified atom stereocenters. The van der Waals surface area contributed by atoms with Crippen molar-refractivity contribution in [3.05, 3.63) is 117 Å². The molecule has 7 nitrogen and oxygen atoms in total. The van der Waals surface area contributed by atoms with Crippen LogP contribution in [0.3, 0.4) is 0 Å². The van der Waals surface area contributed by atoms with Gasteiger partial charge in [-0.05, 0) is 97.9 Å². The van der Waals surface area contributed by atoms with Crippen molar-refractivity contribution in [3.63, 3.8) is 0 Å². The molecule has 2 atom stereocenters. The second-order valence-corrected chi connectivity index (χ2v) is 13.3. The summed E-state index contributed by atoms with van der Waals surface area (Å²) in [4.78, 5) is 31.9. The molecule has 3 aromatic carbocycles. The van der Waals surface area contributed by atoms with Crippen molar-refractivity contribution < 1.29 is 14.3 Å². The van der Waals surface area contributed by atoms with Gasteiger partial charge in [0.05, 0.1) is 17.3 Å². The van der Waals surface area contributed by atoms with E-state index in [-0.39, 0.29) is 17.4 Å². The van der Waals surface area contributed by atoms with Crippen molar-refractivity contribution in [2.24, 2.45) is 17.8 Å². The average molecular weight is 606 g/mol. The predicted octanol–water partition coefficient (Wildman–Crippen LogP) is 6.56. The van der Waals surface area contributed by atoms with Crippen LogP contribution in [0, 0.1) is 17.8 Å². The number of hydrogen-bond acceptors (Lipinski definition) is 5. The molecule has 4 saturated carbocycles. The molecule has 5 aromatic rings. The number of para-hydroxylation sites is 1. The number of pyridine rings is 1. The summed E-state index contributed by atoms with van der Waals surface area (Å²) in [5.41, 5.74) is 3.42. The standard InChI is InChI=1S/C36H32ClN3O4/c37-26-10-11-28-30(17-26)40(27-4-2-1-3-5-27)32(35-38-12-13-44-35)29(33(28)41)16-21-6-8-23(9-7-21)34(42)39-31-24-14-22-15-25(31)20-36(43,18-22)19-24/h1-13,17,22,24-25,31,43H,14-16,18-20H2,(H,39,42). The number of nitrogens with zero attached hydrogens (tertiary/aromatic N) is 2. The van der Waals surface area contributed by atoms with Crippen molar-refractivity contribution in [2.45, 2.75) is 50.2 Å². The number of nitrogens with one attached hydrogen (secondary N) is 1. The first-order chi connectivity index (χ1) is 21.3. The molecular formula is C36H32ClN3O4. The first kappa shape index (κ1) is 27.4. The maximum atomic E-state index is 14.1. The molecular weight excluding hydrogens is 574 g/mol. The number of aliphatic hydroxyl groups is 1. The maximum Gasteiger partial charge on any atom is 0.251 e. The van der Waals surface area contributed by atoms with E-state index in [1.807, 2.05) is 59.2 Å². The number of carbonyl (C=O) groups excluding carboxylic acids is 1. The Kier molecular flexibility index (Phi) is 6.50. The Bertz CT molecular complexity index is 1920. The number of fused-ring (bicyclic) bond motifs is 1. The number of halogens is 1. The third-order valence-corrected chi connectivity index (χ3v) is 10.2. The molecule has 4 bridgehead atoms. The summed E-state index contributed by atoms with van der Waals surface area (Å²) in [7, 11) is 0. The number of oxazole rings is 1. The topological polar surface area (TPSA) is 97.4 Å². The van der Waals surface area contributed by atoms with Gasteiger partial charge in [0.25, 0.3) is 5.91 Å². The van der Waals surface area contributed by atoms with Crippen LogP contribution in [-0.2, 0) is 6.42 Å². The highest BCUT2D eigenvalue weighted by Crippen LogP contribution is 2.55. The van der Waals surface area contributed by atoms with Crippen LogP contribution in [0.2, 0.25) is 5.02 Å². The number of hydrogen-bond donors (Lipinski definition) is 2. The predicted molar refractivity (Wildman–Crippen MR) is 169 cm³/mol. The van der Waals surface area contributed by atoms with Crippen molar-refractivity contribution >= 4 is 28.4 Å². The Hall–Kier alpha value is -4.20. The highest BCUT2D eigenvalue weighted by molar-refractivity contribution is 6.31. The lowest BCUT2D eigenvalue weighted by Gasteiger charge is -2.58. The molecule has 0 spiro atoms. The lowest BCUT2D eigenvalue weighted by Crippen LogP contribution is -2.61. The Morgan fingerprint density at radius 3 is 2.45 bits per heavy atom. The first-order valence-corrected chi connectivity index (χ1v) is 15.7. The zero-order valence-electron chi connectivity index (χ0n) is 24.1. The van der Waals surface area contributed by atoms with Crippen LogP contribution >= 0.6 is 11.6 Å². The first-order valence-electron chi connectivity index (χ1n) is 15.3. The lowest BCUT2D eigenvalue weighted by atomic mass is 9.52. The van der Waals surface area contributed by atoms with Crippen LogP contribution in [0.25, 0.3) is 28.2 Å². The monoisotopic (exact) mass is 605 g/mol. The number of amides is 1. The van der Waals surface area contributed by atoms with Gasteiger partial charge in [0, 0.05) is 39.7 Å². The molecule has 4 aliphatic carbocycles. The largest absolute Gasteiger partial charge is 0.443 e. The van der Waals surface area contributed by atoms with Crippen LogP contribution in [0.1, 0.15) is 53.6 Å². The summed E-state index contributed by atoms with van der Waals surface area (Å²) in [6.45, 7) is 0. The molecule has 2 aromatic heterocycles. The summed E-state index contributed by atoms with van der Waals surface area (Å²) in [6, 6.07) is 22.6. The third kappa shape index (κ3) is 4.66. The Morgan fingerprint density at radius 2 is 1.77 bits per heavy atom. The molecule has 2 N–H and O–H groups in total. The minimum Gasteiger partial charge on any atom is -0.443 e. The molecule has 222 valence electrons. The van der Waals surface area contributed by atoms with Gasteiger partial charge in [-0.15, -0.1) is 0 Å². The van der Waals surface area contributed by atoms with E-state index in [1.165, 1.54) is 6.26 Å². The van der Waals surface area contributed by atoms with Gasteiger partial charge in [-0.3, -0.25) is 9.59 Å². The van der Waals surface area contributed by atoms with Crippen molar-refractivity contribution in [1.82, 2.24) is 14.9 Å². The number of carbonyl (C=O) groups is 1. The van der Waals surface area contributed by atoms with Gasteiger partial charge in [-0.25, -0.2) is 4.98 Å². The van der Waals surface area contributed by atoms with E-state index in [0.717, 1.165) is 43.4 Å². The molecule has 4 fully saturated rings. The SMILES string of the molecule is O=C(NC1C2CC3CC1CC(O)(C3)C2)c1ccc(Cc2c(-c3ncco3)n(-c3ccccc3)c3cc(Cl)ccc3c2=O)cc1. The van der Waals surface area contributed by atoms with Crippen LogP contribution in [-0.4, -0.2) is 32.2 Å². The van der Waals surface area contributed by atoms with Gasteiger partial charge in [-0.2, -0.15) is 0 Å². The summed E-state index contributed by atoms with van der Waals surface area (Å²) in [5, 5.41) is 15.3. The number of rotatable bonds is 6. The van der Waals surface area contributed by atoms with Crippen molar-refractivity contribution in [1.29, 1.82) is 0 Å². The smallest absolute Gasteiger partial charge is 0.251 e. The lowest BCUT2D eigenvalue weighted by molar-refractivity contribution is -0.136. The van der Waals surface area contributed by atoms with Gasteiger partial charge < -0.3 is 19.4 Å². The molecule has 2 heterocycles. The van der Waals surface area contributed by atoms with E-state index in [4.69, 9.17) is 16.0 Å². The fraction of sp³-hybridized carbons (Fsp3) is 0.306. The van der Waals surface area contributed by atoms with Crippen molar-refractivity contribution in [2.75, 3.05) is 0 Å². The Balaban J connectivity index is 1.14. The number of aromatic nitrogens is 2. The third-order valence-electron chi connectivity index (χ3n) is 10.0. The van der Waals surface area contributed by atoms with Crippen LogP contribution in [0.4, 0.5) is 0 Å². The number of benzene rings is 3. The maximum absolute atomic E-state index is 14.1. The van der Waals surface area contributed by atoms with E-state index in [2.05, 4.69) is 10.3 Å².